The molecule has 1 aromatic heterocycles. The number of nitrogens with zero attached hydrogens (tertiary/aromatic N) is 3. The van der Waals surface area contributed by atoms with E-state index in [4.69, 9.17) is 11.0 Å². The Morgan fingerprint density at radius 3 is 2.83 bits per heavy atom. The van der Waals surface area contributed by atoms with Crippen molar-refractivity contribution in [2.75, 3.05) is 17.7 Å². The summed E-state index contributed by atoms with van der Waals surface area (Å²) in [5.74, 6) is 0. The van der Waals surface area contributed by atoms with E-state index in [1.54, 1.807) is 18.3 Å². The van der Waals surface area contributed by atoms with Crippen LogP contribution in [0.25, 0.3) is 0 Å². The largest absolute Gasteiger partial charge is 0.399 e. The Morgan fingerprint density at radius 2 is 2.11 bits per heavy atom. The first kappa shape index (κ1) is 11.9. The molecule has 90 valence electrons. The summed E-state index contributed by atoms with van der Waals surface area (Å²) in [6, 6.07) is 13.3. The molecule has 0 fully saturated rings. The van der Waals surface area contributed by atoms with E-state index in [9.17, 15) is 0 Å². The number of para-hydroxylation sites is 1. The molecule has 0 amide bonds. The molecule has 0 unspecified atom stereocenters. The summed E-state index contributed by atoms with van der Waals surface area (Å²) in [7, 11) is 1.93. The second-order valence-corrected chi connectivity index (χ2v) is 4.07. The van der Waals surface area contributed by atoms with Crippen LogP contribution in [-0.4, -0.2) is 12.0 Å². The van der Waals surface area contributed by atoms with E-state index in [0.717, 1.165) is 11.4 Å². The average molecular weight is 238 g/mol. The van der Waals surface area contributed by atoms with E-state index in [-0.39, 0.29) is 0 Å². The normalized spacial score (nSPS) is 9.78. The van der Waals surface area contributed by atoms with Crippen LogP contribution in [0, 0.1) is 11.3 Å². The minimum atomic E-state index is 0.615. The van der Waals surface area contributed by atoms with E-state index in [1.807, 2.05) is 36.2 Å². The molecule has 4 heteroatoms. The molecule has 0 saturated heterocycles. The molecule has 0 spiro atoms. The third-order valence-electron chi connectivity index (χ3n) is 2.68. The Balaban J connectivity index is 2.22. The number of hydrogen-bond donors (Lipinski definition) is 1. The Morgan fingerprint density at radius 1 is 1.33 bits per heavy atom. The van der Waals surface area contributed by atoms with Crippen LogP contribution >= 0.6 is 0 Å². The van der Waals surface area contributed by atoms with Gasteiger partial charge >= 0.3 is 0 Å². The van der Waals surface area contributed by atoms with Crippen molar-refractivity contribution in [2.24, 2.45) is 0 Å². The van der Waals surface area contributed by atoms with Crippen LogP contribution in [0.4, 0.5) is 11.4 Å². The van der Waals surface area contributed by atoms with E-state index in [2.05, 4.69) is 11.1 Å². The summed E-state index contributed by atoms with van der Waals surface area (Å²) in [4.78, 5) is 6.24. The molecular formula is C14H14N4. The van der Waals surface area contributed by atoms with E-state index >= 15 is 0 Å². The molecule has 0 bridgehead atoms. The summed E-state index contributed by atoms with van der Waals surface area (Å²) in [6.45, 7) is 0.615. The van der Waals surface area contributed by atoms with Crippen molar-refractivity contribution in [1.82, 2.24) is 4.98 Å². The smallest absolute Gasteiger partial charge is 0.101 e. The highest BCUT2D eigenvalue weighted by atomic mass is 15.1. The zero-order valence-corrected chi connectivity index (χ0v) is 10.2. The zero-order chi connectivity index (χ0) is 13.0. The monoisotopic (exact) mass is 238 g/mol. The van der Waals surface area contributed by atoms with Gasteiger partial charge in [-0.3, -0.25) is 4.98 Å². The fourth-order valence-corrected chi connectivity index (χ4v) is 1.81. The van der Waals surface area contributed by atoms with E-state index in [1.165, 1.54) is 0 Å². The fourth-order valence-electron chi connectivity index (χ4n) is 1.81. The number of benzene rings is 1. The van der Waals surface area contributed by atoms with E-state index < -0.39 is 0 Å². The van der Waals surface area contributed by atoms with Crippen LogP contribution in [0.1, 0.15) is 11.3 Å². The zero-order valence-electron chi connectivity index (χ0n) is 10.2. The van der Waals surface area contributed by atoms with Crippen molar-refractivity contribution in [3.63, 3.8) is 0 Å². The van der Waals surface area contributed by atoms with Crippen LogP contribution in [0.2, 0.25) is 0 Å². The van der Waals surface area contributed by atoms with Crippen LogP contribution in [0.5, 0.6) is 0 Å². The Kier molecular flexibility index (Phi) is 3.44. The van der Waals surface area contributed by atoms with Gasteiger partial charge in [-0.25, -0.2) is 0 Å². The molecule has 2 rings (SSSR count). The molecule has 0 aliphatic heterocycles. The van der Waals surface area contributed by atoms with Gasteiger partial charge in [-0.15, -0.1) is 0 Å². The number of pyridine rings is 1. The molecule has 2 aromatic rings. The van der Waals surface area contributed by atoms with Gasteiger partial charge in [0.1, 0.15) is 6.07 Å². The van der Waals surface area contributed by atoms with Gasteiger partial charge in [0.2, 0.25) is 0 Å². The van der Waals surface area contributed by atoms with Crippen molar-refractivity contribution in [1.29, 1.82) is 5.26 Å². The molecule has 4 nitrogen and oxygen atoms in total. The van der Waals surface area contributed by atoms with Crippen LogP contribution in [-0.2, 0) is 6.54 Å². The van der Waals surface area contributed by atoms with Gasteiger partial charge in [0, 0.05) is 18.9 Å². The SMILES string of the molecule is CN(Cc1cc(N)ccn1)c1ccccc1C#N. The van der Waals surface area contributed by atoms with Gasteiger partial charge < -0.3 is 10.6 Å². The second-order valence-electron chi connectivity index (χ2n) is 4.07. The Hall–Kier alpha value is -2.54. The summed E-state index contributed by atoms with van der Waals surface area (Å²) in [6.07, 6.45) is 1.69. The lowest BCUT2D eigenvalue weighted by Crippen LogP contribution is -2.18. The second kappa shape index (κ2) is 5.19. The lowest BCUT2D eigenvalue weighted by molar-refractivity contribution is 0.884. The van der Waals surface area contributed by atoms with Gasteiger partial charge in [-0.1, -0.05) is 12.1 Å². The van der Waals surface area contributed by atoms with Gasteiger partial charge in [0.15, 0.2) is 0 Å². The number of nitriles is 1. The third-order valence-corrected chi connectivity index (χ3v) is 2.68. The molecule has 0 aliphatic rings. The highest BCUT2D eigenvalue weighted by Crippen LogP contribution is 2.19. The first-order valence-electron chi connectivity index (χ1n) is 5.61. The number of nitrogens with two attached hydrogens (primary N) is 1. The Bertz CT molecular complexity index is 586. The predicted molar refractivity (Wildman–Crippen MR) is 71.9 cm³/mol. The standard InChI is InChI=1S/C14H14N4/c1-18(10-13-8-12(16)6-7-17-13)14-5-3-2-4-11(14)9-15/h2-8H,10H2,1H3,(H2,16,17). The third kappa shape index (κ3) is 2.58. The first-order chi connectivity index (χ1) is 8.70. The maximum Gasteiger partial charge on any atom is 0.101 e. The van der Waals surface area contributed by atoms with E-state index in [0.29, 0.717) is 17.8 Å². The lowest BCUT2D eigenvalue weighted by Gasteiger charge is -2.20. The summed E-state index contributed by atoms with van der Waals surface area (Å²) >= 11 is 0. The number of anilines is 2. The van der Waals surface area contributed by atoms with Crippen LogP contribution < -0.4 is 10.6 Å². The van der Waals surface area contributed by atoms with Gasteiger partial charge in [0.05, 0.1) is 23.5 Å². The minimum absolute atomic E-state index is 0.615. The average Bonchev–Trinajstić information content (AvgIpc) is 2.38. The summed E-state index contributed by atoms with van der Waals surface area (Å²) in [5, 5.41) is 9.07. The maximum absolute atomic E-state index is 9.07. The molecule has 0 radical (unpaired) electrons. The predicted octanol–water partition coefficient (Wildman–Crippen LogP) is 2.17. The maximum atomic E-state index is 9.07. The van der Waals surface area contributed by atoms with Gasteiger partial charge in [0.25, 0.3) is 0 Å². The number of nitrogen functional groups attached to an aromatic ring is 1. The Labute approximate surface area is 106 Å². The number of hydrogen-bond acceptors (Lipinski definition) is 4. The first-order valence-corrected chi connectivity index (χ1v) is 5.61. The van der Waals surface area contributed by atoms with Crippen molar-refractivity contribution < 1.29 is 0 Å². The molecule has 1 heterocycles. The van der Waals surface area contributed by atoms with Crippen molar-refractivity contribution in [3.8, 4) is 6.07 Å². The van der Waals surface area contributed by atoms with Crippen LogP contribution in [0.3, 0.4) is 0 Å². The number of aromatic nitrogens is 1. The van der Waals surface area contributed by atoms with Crippen molar-refractivity contribution in [3.05, 3.63) is 53.9 Å². The molecular weight excluding hydrogens is 224 g/mol. The lowest BCUT2D eigenvalue weighted by atomic mass is 10.1. The van der Waals surface area contributed by atoms with Crippen molar-refractivity contribution >= 4 is 11.4 Å². The van der Waals surface area contributed by atoms with Crippen molar-refractivity contribution in [2.45, 2.75) is 6.54 Å². The van der Waals surface area contributed by atoms with Crippen LogP contribution in [0.15, 0.2) is 42.6 Å². The van der Waals surface area contributed by atoms with Gasteiger partial charge in [-0.2, -0.15) is 5.26 Å². The number of rotatable bonds is 3. The molecule has 18 heavy (non-hydrogen) atoms. The topological polar surface area (TPSA) is 65.9 Å². The summed E-state index contributed by atoms with van der Waals surface area (Å²) in [5.41, 5.74) is 8.84. The highest BCUT2D eigenvalue weighted by Gasteiger charge is 2.07. The highest BCUT2D eigenvalue weighted by molar-refractivity contribution is 5.58. The molecule has 0 atom stereocenters. The molecule has 0 aliphatic carbocycles. The quantitative estimate of drug-likeness (QED) is 0.890. The molecule has 0 saturated carbocycles. The molecule has 2 N–H and O–H groups in total. The minimum Gasteiger partial charge on any atom is -0.399 e. The molecule has 1 aromatic carbocycles. The fraction of sp³-hybridized carbons (Fsp3) is 0.143. The summed E-state index contributed by atoms with van der Waals surface area (Å²) < 4.78 is 0. The van der Waals surface area contributed by atoms with Gasteiger partial charge in [-0.05, 0) is 24.3 Å².